The van der Waals surface area contributed by atoms with Crippen LogP contribution in [0, 0.1) is 17.1 Å². The lowest BCUT2D eigenvalue weighted by atomic mass is 10.2. The summed E-state index contributed by atoms with van der Waals surface area (Å²) in [6, 6.07) is 8.35. The molecule has 1 aromatic carbocycles. The Hall–Kier alpha value is -2.35. The SMILES string of the molecule is Cn1ccc(CCNc2cccc(F)c2C#N)n1. The van der Waals surface area contributed by atoms with E-state index >= 15 is 0 Å². The first kappa shape index (κ1) is 12.1. The van der Waals surface area contributed by atoms with Crippen LogP contribution in [0.1, 0.15) is 11.3 Å². The lowest BCUT2D eigenvalue weighted by Gasteiger charge is -2.07. The van der Waals surface area contributed by atoms with Crippen molar-refractivity contribution in [2.45, 2.75) is 6.42 Å². The number of aromatic nitrogens is 2. The minimum absolute atomic E-state index is 0.0542. The zero-order chi connectivity index (χ0) is 13.0. The fraction of sp³-hybridized carbons (Fsp3) is 0.231. The number of hydrogen-bond donors (Lipinski definition) is 1. The molecule has 2 rings (SSSR count). The monoisotopic (exact) mass is 244 g/mol. The lowest BCUT2D eigenvalue weighted by molar-refractivity contribution is 0.624. The van der Waals surface area contributed by atoms with Crippen LogP contribution in [0.4, 0.5) is 10.1 Å². The Morgan fingerprint density at radius 3 is 2.94 bits per heavy atom. The zero-order valence-electron chi connectivity index (χ0n) is 10.0. The van der Waals surface area contributed by atoms with Crippen molar-refractivity contribution in [2.75, 3.05) is 11.9 Å². The van der Waals surface area contributed by atoms with Gasteiger partial charge in [-0.25, -0.2) is 4.39 Å². The first-order chi connectivity index (χ1) is 8.70. The molecule has 0 radical (unpaired) electrons. The molecule has 0 fully saturated rings. The summed E-state index contributed by atoms with van der Waals surface area (Å²) in [5.41, 5.74) is 1.53. The van der Waals surface area contributed by atoms with Gasteiger partial charge in [-0.3, -0.25) is 4.68 Å². The molecule has 92 valence electrons. The third kappa shape index (κ3) is 2.66. The van der Waals surface area contributed by atoms with Gasteiger partial charge in [0.25, 0.3) is 0 Å². The summed E-state index contributed by atoms with van der Waals surface area (Å²) in [6.45, 7) is 0.606. The van der Waals surface area contributed by atoms with Crippen molar-refractivity contribution >= 4 is 5.69 Å². The fourth-order valence-electron chi connectivity index (χ4n) is 1.71. The molecule has 0 spiro atoms. The van der Waals surface area contributed by atoms with Crippen LogP contribution in [-0.4, -0.2) is 16.3 Å². The molecule has 0 unspecified atom stereocenters. The van der Waals surface area contributed by atoms with Crippen molar-refractivity contribution in [3.63, 3.8) is 0 Å². The number of aryl methyl sites for hydroxylation is 1. The van der Waals surface area contributed by atoms with E-state index < -0.39 is 5.82 Å². The quantitative estimate of drug-likeness (QED) is 0.896. The van der Waals surface area contributed by atoms with Crippen LogP contribution in [0.25, 0.3) is 0 Å². The van der Waals surface area contributed by atoms with Crippen LogP contribution in [0.15, 0.2) is 30.5 Å². The Labute approximate surface area is 105 Å². The minimum atomic E-state index is -0.500. The highest BCUT2D eigenvalue weighted by atomic mass is 19.1. The average molecular weight is 244 g/mol. The van der Waals surface area contributed by atoms with Gasteiger partial charge < -0.3 is 5.32 Å². The van der Waals surface area contributed by atoms with Gasteiger partial charge in [0.05, 0.1) is 11.4 Å². The second-order valence-electron chi connectivity index (χ2n) is 3.93. The van der Waals surface area contributed by atoms with Crippen LogP contribution in [0.5, 0.6) is 0 Å². The van der Waals surface area contributed by atoms with Gasteiger partial charge in [-0.15, -0.1) is 0 Å². The Morgan fingerprint density at radius 1 is 1.44 bits per heavy atom. The third-order valence-corrected chi connectivity index (χ3v) is 2.59. The standard InChI is InChI=1S/C13H13FN4/c1-18-8-6-10(17-18)5-7-16-13-4-2-3-12(14)11(13)9-15/h2-4,6,8,16H,5,7H2,1H3. The molecule has 0 aliphatic heterocycles. The molecule has 5 heteroatoms. The van der Waals surface area contributed by atoms with Crippen molar-refractivity contribution in [3.05, 3.63) is 47.5 Å². The van der Waals surface area contributed by atoms with E-state index in [4.69, 9.17) is 5.26 Å². The molecular formula is C13H13FN4. The molecule has 0 saturated heterocycles. The third-order valence-electron chi connectivity index (χ3n) is 2.59. The molecule has 0 saturated carbocycles. The predicted molar refractivity (Wildman–Crippen MR) is 66.5 cm³/mol. The van der Waals surface area contributed by atoms with Crippen LogP contribution in [-0.2, 0) is 13.5 Å². The average Bonchev–Trinajstić information content (AvgIpc) is 2.75. The van der Waals surface area contributed by atoms with E-state index in [2.05, 4.69) is 10.4 Å². The van der Waals surface area contributed by atoms with Gasteiger partial charge in [0.2, 0.25) is 0 Å². The largest absolute Gasteiger partial charge is 0.383 e. The molecule has 1 N–H and O–H groups in total. The molecular weight excluding hydrogens is 231 g/mol. The number of nitrogens with zero attached hydrogens (tertiary/aromatic N) is 3. The number of nitriles is 1. The van der Waals surface area contributed by atoms with Gasteiger partial charge >= 0.3 is 0 Å². The summed E-state index contributed by atoms with van der Waals surface area (Å²) in [4.78, 5) is 0. The summed E-state index contributed by atoms with van der Waals surface area (Å²) >= 11 is 0. The molecule has 0 atom stereocenters. The highest BCUT2D eigenvalue weighted by molar-refractivity contribution is 5.57. The highest BCUT2D eigenvalue weighted by Gasteiger charge is 2.06. The van der Waals surface area contributed by atoms with Crippen molar-refractivity contribution in [2.24, 2.45) is 7.05 Å². The molecule has 1 heterocycles. The van der Waals surface area contributed by atoms with Crippen molar-refractivity contribution in [1.82, 2.24) is 9.78 Å². The first-order valence-corrected chi connectivity index (χ1v) is 5.61. The van der Waals surface area contributed by atoms with Gasteiger partial charge in [-0.1, -0.05) is 6.07 Å². The topological polar surface area (TPSA) is 53.6 Å². The summed E-state index contributed by atoms with van der Waals surface area (Å²) < 4.78 is 15.1. The smallest absolute Gasteiger partial charge is 0.143 e. The number of anilines is 1. The predicted octanol–water partition coefficient (Wildman–Crippen LogP) is 2.09. The summed E-state index contributed by atoms with van der Waals surface area (Å²) in [7, 11) is 1.86. The summed E-state index contributed by atoms with van der Waals surface area (Å²) in [6.07, 6.45) is 2.60. The number of hydrogen-bond acceptors (Lipinski definition) is 3. The molecule has 0 aliphatic rings. The molecule has 2 aromatic rings. The Kier molecular flexibility index (Phi) is 3.58. The minimum Gasteiger partial charge on any atom is -0.383 e. The van der Waals surface area contributed by atoms with Crippen molar-refractivity contribution in [3.8, 4) is 6.07 Å². The maximum absolute atomic E-state index is 13.3. The number of halogens is 1. The lowest BCUT2D eigenvalue weighted by Crippen LogP contribution is -2.07. The van der Waals surface area contributed by atoms with E-state index in [1.54, 1.807) is 16.8 Å². The van der Waals surface area contributed by atoms with Crippen LogP contribution in [0.2, 0.25) is 0 Å². The molecule has 1 aromatic heterocycles. The van der Waals surface area contributed by atoms with Gasteiger partial charge in [-0.05, 0) is 18.2 Å². The van der Waals surface area contributed by atoms with Crippen molar-refractivity contribution < 1.29 is 4.39 Å². The molecule has 0 aliphatic carbocycles. The van der Waals surface area contributed by atoms with Gasteiger partial charge in [0, 0.05) is 26.2 Å². The number of benzene rings is 1. The number of nitrogens with one attached hydrogen (secondary N) is 1. The van der Waals surface area contributed by atoms with Crippen LogP contribution >= 0.6 is 0 Å². The van der Waals surface area contributed by atoms with E-state index in [0.717, 1.165) is 12.1 Å². The summed E-state index contributed by atoms with van der Waals surface area (Å²) in [5, 5.41) is 16.2. The van der Waals surface area contributed by atoms with E-state index in [9.17, 15) is 4.39 Å². The molecule has 0 bridgehead atoms. The Bertz CT molecular complexity index is 583. The Balaban J connectivity index is 1.99. The first-order valence-electron chi connectivity index (χ1n) is 5.61. The van der Waals surface area contributed by atoms with E-state index in [1.165, 1.54) is 6.07 Å². The van der Waals surface area contributed by atoms with Gasteiger partial charge in [0.1, 0.15) is 17.4 Å². The summed E-state index contributed by atoms with van der Waals surface area (Å²) in [5.74, 6) is -0.500. The molecule has 0 amide bonds. The van der Waals surface area contributed by atoms with Gasteiger partial charge in [0.15, 0.2) is 0 Å². The van der Waals surface area contributed by atoms with Gasteiger partial charge in [-0.2, -0.15) is 10.4 Å². The molecule has 18 heavy (non-hydrogen) atoms. The van der Waals surface area contributed by atoms with Crippen molar-refractivity contribution in [1.29, 1.82) is 5.26 Å². The second kappa shape index (κ2) is 5.32. The van der Waals surface area contributed by atoms with E-state index in [0.29, 0.717) is 12.2 Å². The highest BCUT2D eigenvalue weighted by Crippen LogP contribution is 2.17. The Morgan fingerprint density at radius 2 is 2.28 bits per heavy atom. The van der Waals surface area contributed by atoms with E-state index in [-0.39, 0.29) is 5.56 Å². The molecule has 4 nitrogen and oxygen atoms in total. The second-order valence-corrected chi connectivity index (χ2v) is 3.93. The van der Waals surface area contributed by atoms with Crippen LogP contribution < -0.4 is 5.32 Å². The normalized spacial score (nSPS) is 10.1. The zero-order valence-corrected chi connectivity index (χ0v) is 10.0. The maximum Gasteiger partial charge on any atom is 0.143 e. The number of rotatable bonds is 4. The fourth-order valence-corrected chi connectivity index (χ4v) is 1.71. The maximum atomic E-state index is 13.3. The van der Waals surface area contributed by atoms with E-state index in [1.807, 2.05) is 25.4 Å². The van der Waals surface area contributed by atoms with Crippen LogP contribution in [0.3, 0.4) is 0 Å².